The van der Waals surface area contributed by atoms with E-state index in [0.29, 0.717) is 17.5 Å². The number of hydrogen-bond donors (Lipinski definition) is 1. The number of amides is 1. The molecule has 1 aromatic heterocycles. The summed E-state index contributed by atoms with van der Waals surface area (Å²) >= 11 is 1.89. The molecule has 22 heavy (non-hydrogen) atoms. The number of ether oxygens (including phenoxy) is 1. The summed E-state index contributed by atoms with van der Waals surface area (Å²) in [6, 6.07) is 3.90. The van der Waals surface area contributed by atoms with E-state index in [1.807, 2.05) is 17.8 Å². The summed E-state index contributed by atoms with van der Waals surface area (Å²) < 4.78 is 5.94. The fourth-order valence-corrected chi connectivity index (χ4v) is 4.18. The number of thioether (sulfide) groups is 1. The van der Waals surface area contributed by atoms with Gasteiger partial charge in [-0.3, -0.25) is 4.79 Å². The first-order valence-electron chi connectivity index (χ1n) is 8.22. The number of nitrogens with zero attached hydrogens (tertiary/aromatic N) is 1. The standard InChI is InChI=1S/C17H24N2O2S/c1-12-4-6-13(7-5-12)19-16(20)15-3-2-9-18-17(15)21-14-8-10-22-11-14/h2-3,9,12-14H,4-8,10-11H2,1H3,(H,19,20). The van der Waals surface area contributed by atoms with Crippen molar-refractivity contribution >= 4 is 17.7 Å². The Morgan fingerprint density at radius 2 is 2.14 bits per heavy atom. The van der Waals surface area contributed by atoms with E-state index in [2.05, 4.69) is 17.2 Å². The van der Waals surface area contributed by atoms with Crippen molar-refractivity contribution in [2.75, 3.05) is 11.5 Å². The SMILES string of the molecule is CC1CCC(NC(=O)c2cccnc2OC2CCSC2)CC1. The first-order chi connectivity index (χ1) is 10.7. The Hall–Kier alpha value is -1.23. The molecule has 1 amide bonds. The van der Waals surface area contributed by atoms with Crippen molar-refractivity contribution in [3.05, 3.63) is 23.9 Å². The van der Waals surface area contributed by atoms with Crippen molar-refractivity contribution in [2.45, 2.75) is 51.2 Å². The number of nitrogens with one attached hydrogen (secondary N) is 1. The Labute approximate surface area is 136 Å². The van der Waals surface area contributed by atoms with E-state index in [1.165, 1.54) is 12.8 Å². The average Bonchev–Trinajstić information content (AvgIpc) is 3.03. The lowest BCUT2D eigenvalue weighted by molar-refractivity contribution is 0.0915. The van der Waals surface area contributed by atoms with E-state index >= 15 is 0 Å². The fourth-order valence-electron chi connectivity index (χ4n) is 3.09. The van der Waals surface area contributed by atoms with Crippen LogP contribution in [-0.2, 0) is 0 Å². The number of pyridine rings is 1. The van der Waals surface area contributed by atoms with Crippen LogP contribution in [-0.4, -0.2) is 34.5 Å². The molecule has 1 unspecified atom stereocenters. The van der Waals surface area contributed by atoms with Gasteiger partial charge in [0.2, 0.25) is 5.88 Å². The highest BCUT2D eigenvalue weighted by molar-refractivity contribution is 7.99. The topological polar surface area (TPSA) is 51.2 Å². The van der Waals surface area contributed by atoms with Gasteiger partial charge in [0.1, 0.15) is 11.7 Å². The normalized spacial score (nSPS) is 28.3. The van der Waals surface area contributed by atoms with Gasteiger partial charge in [0.15, 0.2) is 0 Å². The zero-order valence-corrected chi connectivity index (χ0v) is 13.9. The van der Waals surface area contributed by atoms with Crippen LogP contribution in [0.15, 0.2) is 18.3 Å². The molecular formula is C17H24N2O2S. The summed E-state index contributed by atoms with van der Waals surface area (Å²) in [5.41, 5.74) is 0.568. The summed E-state index contributed by atoms with van der Waals surface area (Å²) in [5.74, 6) is 3.33. The third kappa shape index (κ3) is 3.94. The quantitative estimate of drug-likeness (QED) is 0.925. The summed E-state index contributed by atoms with van der Waals surface area (Å²) in [6.07, 6.45) is 7.44. The maximum atomic E-state index is 12.6. The minimum atomic E-state index is -0.0479. The van der Waals surface area contributed by atoms with E-state index in [-0.39, 0.29) is 12.0 Å². The number of carbonyl (C=O) groups excluding carboxylic acids is 1. The predicted molar refractivity (Wildman–Crippen MR) is 89.5 cm³/mol. The van der Waals surface area contributed by atoms with E-state index in [0.717, 1.165) is 36.7 Å². The molecule has 1 N–H and O–H groups in total. The Kier molecular flexibility index (Phi) is 5.24. The Balaban J connectivity index is 1.64. The maximum Gasteiger partial charge on any atom is 0.256 e. The first kappa shape index (κ1) is 15.7. The van der Waals surface area contributed by atoms with Crippen molar-refractivity contribution in [3.8, 4) is 5.88 Å². The fraction of sp³-hybridized carbons (Fsp3) is 0.647. The minimum Gasteiger partial charge on any atom is -0.473 e. The third-order valence-electron chi connectivity index (χ3n) is 4.53. The molecule has 2 heterocycles. The van der Waals surface area contributed by atoms with Crippen LogP contribution in [0.25, 0.3) is 0 Å². The van der Waals surface area contributed by atoms with Gasteiger partial charge in [-0.1, -0.05) is 6.92 Å². The molecule has 4 nitrogen and oxygen atoms in total. The van der Waals surface area contributed by atoms with E-state index in [4.69, 9.17) is 4.74 Å². The molecule has 1 aliphatic heterocycles. The molecule has 0 bridgehead atoms. The lowest BCUT2D eigenvalue weighted by Gasteiger charge is -2.27. The van der Waals surface area contributed by atoms with Gasteiger partial charge in [-0.25, -0.2) is 4.98 Å². The molecule has 3 rings (SSSR count). The zero-order chi connectivity index (χ0) is 15.4. The second kappa shape index (κ2) is 7.36. The Bertz CT molecular complexity index is 509. The second-order valence-electron chi connectivity index (χ2n) is 6.39. The van der Waals surface area contributed by atoms with Crippen molar-refractivity contribution in [1.82, 2.24) is 10.3 Å². The molecule has 2 fully saturated rings. The summed E-state index contributed by atoms with van der Waals surface area (Å²) in [5, 5.41) is 3.16. The molecular weight excluding hydrogens is 296 g/mol. The van der Waals surface area contributed by atoms with E-state index in [9.17, 15) is 4.79 Å². The molecule has 120 valence electrons. The molecule has 1 saturated heterocycles. The van der Waals surface area contributed by atoms with Crippen molar-refractivity contribution in [2.24, 2.45) is 5.92 Å². The van der Waals surface area contributed by atoms with Crippen molar-refractivity contribution < 1.29 is 9.53 Å². The molecule has 0 radical (unpaired) electrons. The van der Waals surface area contributed by atoms with Crippen LogP contribution in [0.2, 0.25) is 0 Å². The van der Waals surface area contributed by atoms with Gasteiger partial charge in [-0.2, -0.15) is 11.8 Å². The van der Waals surface area contributed by atoms with Crippen molar-refractivity contribution in [1.29, 1.82) is 0 Å². The molecule has 0 spiro atoms. The highest BCUT2D eigenvalue weighted by atomic mass is 32.2. The van der Waals surface area contributed by atoms with Crippen LogP contribution >= 0.6 is 11.8 Å². The summed E-state index contributed by atoms with van der Waals surface area (Å²) in [7, 11) is 0. The largest absolute Gasteiger partial charge is 0.473 e. The molecule has 1 saturated carbocycles. The number of hydrogen-bond acceptors (Lipinski definition) is 4. The third-order valence-corrected chi connectivity index (χ3v) is 5.66. The molecule has 1 atom stereocenters. The van der Waals surface area contributed by atoms with Crippen molar-refractivity contribution in [3.63, 3.8) is 0 Å². The lowest BCUT2D eigenvalue weighted by atomic mass is 9.87. The van der Waals surface area contributed by atoms with Crippen LogP contribution in [0.5, 0.6) is 5.88 Å². The van der Waals surface area contributed by atoms with Gasteiger partial charge in [-0.15, -0.1) is 0 Å². The van der Waals surface area contributed by atoms with Crippen LogP contribution in [0, 0.1) is 5.92 Å². The average molecular weight is 320 g/mol. The summed E-state index contributed by atoms with van der Waals surface area (Å²) in [6.45, 7) is 2.28. The number of carbonyl (C=O) groups is 1. The molecule has 1 aliphatic carbocycles. The van der Waals surface area contributed by atoms with E-state index in [1.54, 1.807) is 12.3 Å². The van der Waals surface area contributed by atoms with Gasteiger partial charge in [-0.05, 0) is 55.9 Å². The Morgan fingerprint density at radius 3 is 2.86 bits per heavy atom. The van der Waals surface area contributed by atoms with Gasteiger partial charge >= 0.3 is 0 Å². The van der Waals surface area contributed by atoms with Gasteiger partial charge in [0, 0.05) is 18.0 Å². The van der Waals surface area contributed by atoms with Gasteiger partial charge in [0.25, 0.3) is 5.91 Å². The smallest absolute Gasteiger partial charge is 0.256 e. The molecule has 1 aromatic rings. The predicted octanol–water partition coefficient (Wildman–Crippen LogP) is 3.27. The highest BCUT2D eigenvalue weighted by Gasteiger charge is 2.24. The number of rotatable bonds is 4. The first-order valence-corrected chi connectivity index (χ1v) is 9.38. The minimum absolute atomic E-state index is 0.0479. The lowest BCUT2D eigenvalue weighted by Crippen LogP contribution is -2.37. The summed E-state index contributed by atoms with van der Waals surface area (Å²) in [4.78, 5) is 16.8. The van der Waals surface area contributed by atoms with Crippen LogP contribution in [0.4, 0.5) is 0 Å². The zero-order valence-electron chi connectivity index (χ0n) is 13.1. The Morgan fingerprint density at radius 1 is 1.32 bits per heavy atom. The second-order valence-corrected chi connectivity index (χ2v) is 7.54. The van der Waals surface area contributed by atoms with Gasteiger partial charge < -0.3 is 10.1 Å². The maximum absolute atomic E-state index is 12.6. The highest BCUT2D eigenvalue weighted by Crippen LogP contribution is 2.26. The number of aromatic nitrogens is 1. The molecule has 2 aliphatic rings. The van der Waals surface area contributed by atoms with E-state index < -0.39 is 0 Å². The molecule has 5 heteroatoms. The van der Waals surface area contributed by atoms with Crippen LogP contribution in [0.1, 0.15) is 49.4 Å². The monoisotopic (exact) mass is 320 g/mol. The van der Waals surface area contributed by atoms with Crippen LogP contribution in [0.3, 0.4) is 0 Å². The molecule has 0 aromatic carbocycles. The van der Waals surface area contributed by atoms with Crippen LogP contribution < -0.4 is 10.1 Å². The van der Waals surface area contributed by atoms with Gasteiger partial charge in [0.05, 0.1) is 0 Å².